The Labute approximate surface area is 75.9 Å². The first-order valence-corrected chi connectivity index (χ1v) is 4.91. The Balaban J connectivity index is 3.01. The van der Waals surface area contributed by atoms with Gasteiger partial charge in [0, 0.05) is 5.56 Å². The molecule has 0 unspecified atom stereocenters. The van der Waals surface area contributed by atoms with Crippen LogP contribution in [0.5, 0.6) is 0 Å². The number of hydrogen-bond acceptors (Lipinski definition) is 3. The molecule has 0 heterocycles. The molecule has 0 fully saturated rings. The average molecular weight is 203 g/mol. The molecule has 0 aromatic heterocycles. The first kappa shape index (κ1) is 9.97. The van der Waals surface area contributed by atoms with Crippen LogP contribution in [0.4, 0.5) is 5.69 Å². The number of anilines is 1. The highest BCUT2D eigenvalue weighted by Crippen LogP contribution is 2.15. The molecule has 1 rings (SSSR count). The summed E-state index contributed by atoms with van der Waals surface area (Å²) in [5.41, 5.74) is 0.577. The molecule has 0 aliphatic rings. The van der Waals surface area contributed by atoms with Crippen LogP contribution < -0.4 is 4.72 Å². The lowest BCUT2D eigenvalue weighted by Crippen LogP contribution is -2.11. The van der Waals surface area contributed by atoms with E-state index in [1.54, 1.807) is 18.2 Å². The minimum atomic E-state index is -4.27. The molecule has 0 saturated heterocycles. The molecule has 0 aliphatic carbocycles. The molecule has 6 heteroatoms. The summed E-state index contributed by atoms with van der Waals surface area (Å²) < 4.78 is 31.2. The molecule has 13 heavy (non-hydrogen) atoms. The van der Waals surface area contributed by atoms with Gasteiger partial charge in [0.2, 0.25) is 0 Å². The van der Waals surface area contributed by atoms with Crippen LogP contribution in [-0.2, 0) is 16.9 Å². The van der Waals surface area contributed by atoms with Gasteiger partial charge >= 0.3 is 10.3 Å². The summed E-state index contributed by atoms with van der Waals surface area (Å²) in [6.07, 6.45) is 0. The lowest BCUT2D eigenvalue weighted by Gasteiger charge is -2.06. The van der Waals surface area contributed by atoms with Crippen molar-refractivity contribution in [1.82, 2.24) is 0 Å². The summed E-state index contributed by atoms with van der Waals surface area (Å²) in [6, 6.07) is 6.24. The van der Waals surface area contributed by atoms with Crippen molar-refractivity contribution in [1.29, 1.82) is 0 Å². The summed E-state index contributed by atoms with van der Waals surface area (Å²) in [5.74, 6) is 0. The molecule has 0 atom stereocenters. The third-order valence-corrected chi connectivity index (χ3v) is 1.90. The zero-order valence-electron chi connectivity index (χ0n) is 6.64. The second-order valence-electron chi connectivity index (χ2n) is 2.39. The molecule has 1 aromatic carbocycles. The van der Waals surface area contributed by atoms with Crippen molar-refractivity contribution in [2.75, 3.05) is 4.72 Å². The van der Waals surface area contributed by atoms with Gasteiger partial charge in [0.05, 0.1) is 12.3 Å². The fourth-order valence-electron chi connectivity index (χ4n) is 0.897. The lowest BCUT2D eigenvalue weighted by atomic mass is 10.2. The molecular weight excluding hydrogens is 194 g/mol. The van der Waals surface area contributed by atoms with Gasteiger partial charge in [-0.25, -0.2) is 0 Å². The van der Waals surface area contributed by atoms with Gasteiger partial charge in [-0.3, -0.25) is 9.27 Å². The van der Waals surface area contributed by atoms with Crippen molar-refractivity contribution < 1.29 is 18.1 Å². The van der Waals surface area contributed by atoms with E-state index in [4.69, 9.17) is 9.66 Å². The SMILES string of the molecule is O=S(=O)(O)Nc1ccccc1CO. The van der Waals surface area contributed by atoms with Crippen LogP contribution in [0, 0.1) is 0 Å². The van der Waals surface area contributed by atoms with Crippen molar-refractivity contribution in [2.24, 2.45) is 0 Å². The largest absolute Gasteiger partial charge is 0.392 e. The van der Waals surface area contributed by atoms with Crippen molar-refractivity contribution in [3.63, 3.8) is 0 Å². The minimum Gasteiger partial charge on any atom is -0.392 e. The predicted molar refractivity (Wildman–Crippen MR) is 47.5 cm³/mol. The lowest BCUT2D eigenvalue weighted by molar-refractivity contribution is 0.282. The summed E-state index contributed by atoms with van der Waals surface area (Å²) >= 11 is 0. The highest BCUT2D eigenvalue weighted by Gasteiger charge is 2.06. The number of aliphatic hydroxyl groups excluding tert-OH is 1. The Morgan fingerprint density at radius 3 is 2.46 bits per heavy atom. The quantitative estimate of drug-likeness (QED) is 0.620. The summed E-state index contributed by atoms with van der Waals surface area (Å²) in [5, 5.41) is 8.80. The van der Waals surface area contributed by atoms with Crippen LogP contribution >= 0.6 is 0 Å². The zero-order chi connectivity index (χ0) is 9.90. The third kappa shape index (κ3) is 3.02. The van der Waals surface area contributed by atoms with Gasteiger partial charge in [-0.1, -0.05) is 18.2 Å². The van der Waals surface area contributed by atoms with Crippen LogP contribution in [0.15, 0.2) is 24.3 Å². The van der Waals surface area contributed by atoms with Crippen LogP contribution in [0.2, 0.25) is 0 Å². The van der Waals surface area contributed by atoms with E-state index in [0.29, 0.717) is 5.56 Å². The fourth-order valence-corrected chi connectivity index (χ4v) is 1.37. The zero-order valence-corrected chi connectivity index (χ0v) is 7.45. The van der Waals surface area contributed by atoms with Gasteiger partial charge in [0.1, 0.15) is 0 Å². The van der Waals surface area contributed by atoms with Crippen molar-refractivity contribution in [2.45, 2.75) is 6.61 Å². The maximum Gasteiger partial charge on any atom is 0.357 e. The van der Waals surface area contributed by atoms with Crippen LogP contribution in [0.1, 0.15) is 5.56 Å². The Bertz CT molecular complexity index is 387. The minimum absolute atomic E-state index is 0.174. The number of benzene rings is 1. The molecule has 72 valence electrons. The van der Waals surface area contributed by atoms with E-state index in [1.807, 2.05) is 4.72 Å². The Hall–Kier alpha value is -1.11. The van der Waals surface area contributed by atoms with E-state index < -0.39 is 10.3 Å². The normalized spacial score (nSPS) is 11.2. The van der Waals surface area contributed by atoms with Gasteiger partial charge in [-0.05, 0) is 6.07 Å². The van der Waals surface area contributed by atoms with E-state index in [9.17, 15) is 8.42 Å². The Kier molecular flexibility index (Phi) is 2.86. The number of nitrogens with one attached hydrogen (secondary N) is 1. The van der Waals surface area contributed by atoms with E-state index in [0.717, 1.165) is 0 Å². The first-order chi connectivity index (χ1) is 6.03. The molecule has 1 aromatic rings. The highest BCUT2D eigenvalue weighted by atomic mass is 32.2. The topological polar surface area (TPSA) is 86.6 Å². The Morgan fingerprint density at radius 1 is 1.31 bits per heavy atom. The van der Waals surface area contributed by atoms with E-state index in [1.165, 1.54) is 6.07 Å². The summed E-state index contributed by atoms with van der Waals surface area (Å²) in [4.78, 5) is 0. The van der Waals surface area contributed by atoms with Crippen molar-refractivity contribution >= 4 is 16.0 Å². The number of para-hydroxylation sites is 1. The molecular formula is C7H9NO4S. The maximum atomic E-state index is 10.4. The second-order valence-corrected chi connectivity index (χ2v) is 3.55. The third-order valence-electron chi connectivity index (χ3n) is 1.43. The molecule has 0 saturated carbocycles. The van der Waals surface area contributed by atoms with E-state index in [2.05, 4.69) is 0 Å². The van der Waals surface area contributed by atoms with Gasteiger partial charge in [0.15, 0.2) is 0 Å². The van der Waals surface area contributed by atoms with Gasteiger partial charge in [-0.15, -0.1) is 0 Å². The summed E-state index contributed by atoms with van der Waals surface area (Å²) in [6.45, 7) is -0.293. The second kappa shape index (κ2) is 3.73. The molecule has 0 amide bonds. The molecule has 3 N–H and O–H groups in total. The fraction of sp³-hybridized carbons (Fsp3) is 0.143. The predicted octanol–water partition coefficient (Wildman–Crippen LogP) is 0.394. The summed E-state index contributed by atoms with van der Waals surface area (Å²) in [7, 11) is -4.27. The molecule has 5 nitrogen and oxygen atoms in total. The van der Waals surface area contributed by atoms with Crippen LogP contribution in [-0.4, -0.2) is 18.1 Å². The van der Waals surface area contributed by atoms with Crippen molar-refractivity contribution in [3.8, 4) is 0 Å². The molecule has 0 radical (unpaired) electrons. The van der Waals surface area contributed by atoms with E-state index in [-0.39, 0.29) is 12.3 Å². The molecule has 0 spiro atoms. The highest BCUT2D eigenvalue weighted by molar-refractivity contribution is 7.87. The van der Waals surface area contributed by atoms with Gasteiger partial charge in [-0.2, -0.15) is 8.42 Å². The monoisotopic (exact) mass is 203 g/mol. The molecule has 0 bridgehead atoms. The number of aliphatic hydroxyl groups is 1. The van der Waals surface area contributed by atoms with Gasteiger partial charge in [0.25, 0.3) is 0 Å². The number of rotatable bonds is 3. The van der Waals surface area contributed by atoms with Crippen LogP contribution in [0.3, 0.4) is 0 Å². The van der Waals surface area contributed by atoms with Gasteiger partial charge < -0.3 is 5.11 Å². The van der Waals surface area contributed by atoms with Crippen LogP contribution in [0.25, 0.3) is 0 Å². The standard InChI is InChI=1S/C7H9NO4S/c9-5-6-3-1-2-4-7(6)8-13(10,11)12/h1-4,8-9H,5H2,(H,10,11,12). The van der Waals surface area contributed by atoms with Crippen molar-refractivity contribution in [3.05, 3.63) is 29.8 Å². The first-order valence-electron chi connectivity index (χ1n) is 3.47. The Morgan fingerprint density at radius 2 is 1.92 bits per heavy atom. The maximum absolute atomic E-state index is 10.4. The molecule has 0 aliphatic heterocycles. The average Bonchev–Trinajstić information content (AvgIpc) is 2.02. The smallest absolute Gasteiger partial charge is 0.357 e. The van der Waals surface area contributed by atoms with E-state index >= 15 is 0 Å². The number of hydrogen-bond donors (Lipinski definition) is 3.